The molecule has 3 N–H and O–H groups in total. The van der Waals surface area contributed by atoms with Crippen LogP contribution in [0.4, 0.5) is 0 Å². The third kappa shape index (κ3) is 6.17. The van der Waals surface area contributed by atoms with Crippen LogP contribution in [-0.4, -0.2) is 36.5 Å². The summed E-state index contributed by atoms with van der Waals surface area (Å²) in [5.41, 5.74) is 0.998. The minimum absolute atomic E-state index is 0.178. The van der Waals surface area contributed by atoms with Crippen LogP contribution in [-0.2, 0) is 11.3 Å². The van der Waals surface area contributed by atoms with Crippen LogP contribution in [0.15, 0.2) is 10.4 Å². The maximum absolute atomic E-state index is 11.6. The molecule has 0 aliphatic heterocycles. The molecule has 7 heteroatoms. The molecule has 0 saturated heterocycles. The van der Waals surface area contributed by atoms with Crippen molar-refractivity contribution in [3.63, 3.8) is 0 Å². The lowest BCUT2D eigenvalue weighted by Gasteiger charge is -2.11. The summed E-state index contributed by atoms with van der Waals surface area (Å²) >= 11 is 1.69. The Morgan fingerprint density at radius 3 is 2.70 bits per heavy atom. The first-order valence-electron chi connectivity index (χ1n) is 8.34. The first-order chi connectivity index (χ1) is 11.1. The molecule has 1 amide bonds. The van der Waals surface area contributed by atoms with Gasteiger partial charge in [-0.25, -0.2) is 9.98 Å². The minimum atomic E-state index is 0.178. The van der Waals surface area contributed by atoms with E-state index >= 15 is 0 Å². The maximum Gasteiger partial charge on any atom is 0.223 e. The standard InChI is InChI=1S/C16H27N5OS/c1-4-17-16(19-8-7-18-14(22)12-5-6-12)20-9-13-10-23-15(21-13)11(2)3/h10-12H,4-9H2,1-3H3,(H,18,22)(H2,17,19,20). The molecule has 0 bridgehead atoms. The van der Waals surface area contributed by atoms with Crippen LogP contribution in [0.25, 0.3) is 0 Å². The summed E-state index contributed by atoms with van der Waals surface area (Å²) in [5.74, 6) is 1.65. The van der Waals surface area contributed by atoms with E-state index in [-0.39, 0.29) is 11.8 Å². The third-order valence-electron chi connectivity index (χ3n) is 3.47. The highest BCUT2D eigenvalue weighted by Gasteiger charge is 2.28. The molecule has 128 valence electrons. The van der Waals surface area contributed by atoms with E-state index in [2.05, 4.69) is 45.2 Å². The summed E-state index contributed by atoms with van der Waals surface area (Å²) < 4.78 is 0. The van der Waals surface area contributed by atoms with Gasteiger partial charge in [0.15, 0.2) is 5.96 Å². The lowest BCUT2D eigenvalue weighted by molar-refractivity contribution is -0.122. The van der Waals surface area contributed by atoms with Gasteiger partial charge < -0.3 is 16.0 Å². The normalized spacial score (nSPS) is 14.9. The number of carbonyl (C=O) groups is 1. The summed E-state index contributed by atoms with van der Waals surface area (Å²) in [6, 6.07) is 0. The molecule has 1 saturated carbocycles. The number of carbonyl (C=O) groups excluding carboxylic acids is 1. The van der Waals surface area contributed by atoms with E-state index in [0.29, 0.717) is 25.6 Å². The first-order valence-corrected chi connectivity index (χ1v) is 9.22. The molecule has 6 nitrogen and oxygen atoms in total. The largest absolute Gasteiger partial charge is 0.357 e. The second-order valence-corrected chi connectivity index (χ2v) is 6.91. The average Bonchev–Trinajstić information content (AvgIpc) is 3.27. The monoisotopic (exact) mass is 337 g/mol. The van der Waals surface area contributed by atoms with Crippen LogP contribution in [0, 0.1) is 5.92 Å². The number of thiazole rings is 1. The zero-order valence-corrected chi connectivity index (χ0v) is 15.0. The van der Waals surface area contributed by atoms with E-state index in [9.17, 15) is 4.79 Å². The van der Waals surface area contributed by atoms with Crippen LogP contribution in [0.5, 0.6) is 0 Å². The van der Waals surface area contributed by atoms with Gasteiger partial charge in [-0.3, -0.25) is 4.79 Å². The van der Waals surface area contributed by atoms with Crippen molar-refractivity contribution in [1.82, 2.24) is 20.9 Å². The lowest BCUT2D eigenvalue weighted by atomic mass is 10.2. The van der Waals surface area contributed by atoms with Crippen molar-refractivity contribution in [3.8, 4) is 0 Å². The molecule has 0 atom stereocenters. The van der Waals surface area contributed by atoms with E-state index in [1.807, 2.05) is 6.92 Å². The van der Waals surface area contributed by atoms with Gasteiger partial charge in [0.05, 0.1) is 17.2 Å². The third-order valence-corrected chi connectivity index (χ3v) is 4.67. The van der Waals surface area contributed by atoms with Crippen molar-refractivity contribution >= 4 is 23.2 Å². The number of amides is 1. The number of nitrogens with one attached hydrogen (secondary N) is 3. The van der Waals surface area contributed by atoms with Gasteiger partial charge in [0.25, 0.3) is 0 Å². The Morgan fingerprint density at radius 1 is 1.35 bits per heavy atom. The SMILES string of the molecule is CCNC(=NCc1csc(C(C)C)n1)NCCNC(=O)C1CC1. The number of nitrogens with zero attached hydrogens (tertiary/aromatic N) is 2. The maximum atomic E-state index is 11.6. The molecular weight excluding hydrogens is 310 g/mol. The molecule has 1 aromatic rings. The predicted molar refractivity (Wildman–Crippen MR) is 94.8 cm³/mol. The molecule has 1 aliphatic rings. The Balaban J connectivity index is 1.75. The number of aromatic nitrogens is 1. The molecule has 0 radical (unpaired) electrons. The Morgan fingerprint density at radius 2 is 2.09 bits per heavy atom. The second kappa shape index (κ2) is 8.86. The second-order valence-electron chi connectivity index (χ2n) is 6.02. The first kappa shape index (κ1) is 17.7. The van der Waals surface area contributed by atoms with Crippen molar-refractivity contribution in [2.75, 3.05) is 19.6 Å². The van der Waals surface area contributed by atoms with Gasteiger partial charge in [0.2, 0.25) is 5.91 Å². The van der Waals surface area contributed by atoms with E-state index in [1.54, 1.807) is 11.3 Å². The summed E-state index contributed by atoms with van der Waals surface area (Å²) in [4.78, 5) is 20.7. The number of guanidine groups is 1. The topological polar surface area (TPSA) is 78.4 Å². The van der Waals surface area contributed by atoms with Crippen LogP contribution < -0.4 is 16.0 Å². The zero-order valence-electron chi connectivity index (χ0n) is 14.2. The van der Waals surface area contributed by atoms with Crippen molar-refractivity contribution in [1.29, 1.82) is 0 Å². The Bertz CT molecular complexity index is 536. The fourth-order valence-corrected chi connectivity index (χ4v) is 2.84. The zero-order chi connectivity index (χ0) is 16.7. The molecular formula is C16H27N5OS. The fraction of sp³-hybridized carbons (Fsp3) is 0.688. The number of hydrogen-bond donors (Lipinski definition) is 3. The Kier molecular flexibility index (Phi) is 6.83. The van der Waals surface area contributed by atoms with Gasteiger partial charge >= 0.3 is 0 Å². The van der Waals surface area contributed by atoms with E-state index in [4.69, 9.17) is 0 Å². The van der Waals surface area contributed by atoms with Gasteiger partial charge in [0, 0.05) is 36.9 Å². The molecule has 1 fully saturated rings. The highest BCUT2D eigenvalue weighted by atomic mass is 32.1. The summed E-state index contributed by atoms with van der Waals surface area (Å²) in [5, 5.41) is 12.6. The highest BCUT2D eigenvalue weighted by molar-refractivity contribution is 7.09. The number of hydrogen-bond acceptors (Lipinski definition) is 4. The number of rotatable bonds is 8. The molecule has 0 spiro atoms. The van der Waals surface area contributed by atoms with Crippen molar-refractivity contribution in [3.05, 3.63) is 16.1 Å². The molecule has 23 heavy (non-hydrogen) atoms. The van der Waals surface area contributed by atoms with Gasteiger partial charge in [-0.05, 0) is 19.8 Å². The molecule has 1 aromatic heterocycles. The summed E-state index contributed by atoms with van der Waals surface area (Å²) in [6.45, 7) is 8.97. The smallest absolute Gasteiger partial charge is 0.223 e. The van der Waals surface area contributed by atoms with E-state index < -0.39 is 0 Å². The Hall–Kier alpha value is -1.63. The quantitative estimate of drug-likeness (QED) is 0.384. The average molecular weight is 337 g/mol. The highest BCUT2D eigenvalue weighted by Crippen LogP contribution is 2.28. The van der Waals surface area contributed by atoms with E-state index in [0.717, 1.165) is 36.0 Å². The molecule has 1 aliphatic carbocycles. The summed E-state index contributed by atoms with van der Waals surface area (Å²) in [6.07, 6.45) is 2.07. The lowest BCUT2D eigenvalue weighted by Crippen LogP contribution is -2.41. The van der Waals surface area contributed by atoms with Gasteiger partial charge in [-0.1, -0.05) is 13.8 Å². The summed E-state index contributed by atoms with van der Waals surface area (Å²) in [7, 11) is 0. The van der Waals surface area contributed by atoms with Crippen molar-refractivity contribution in [2.24, 2.45) is 10.9 Å². The van der Waals surface area contributed by atoms with Crippen LogP contribution in [0.3, 0.4) is 0 Å². The van der Waals surface area contributed by atoms with Crippen molar-refractivity contribution in [2.45, 2.75) is 46.1 Å². The van der Waals surface area contributed by atoms with Crippen molar-refractivity contribution < 1.29 is 4.79 Å². The molecule has 0 aromatic carbocycles. The van der Waals surface area contributed by atoms with Crippen LogP contribution >= 0.6 is 11.3 Å². The van der Waals surface area contributed by atoms with Gasteiger partial charge in [0.1, 0.15) is 0 Å². The molecule has 0 unspecified atom stereocenters. The van der Waals surface area contributed by atoms with Crippen LogP contribution in [0.2, 0.25) is 0 Å². The van der Waals surface area contributed by atoms with Gasteiger partial charge in [-0.15, -0.1) is 11.3 Å². The number of aliphatic imine (C=N–C) groups is 1. The predicted octanol–water partition coefficient (Wildman–Crippen LogP) is 1.85. The molecule has 1 heterocycles. The van der Waals surface area contributed by atoms with Gasteiger partial charge in [-0.2, -0.15) is 0 Å². The molecule has 2 rings (SSSR count). The fourth-order valence-electron chi connectivity index (χ4n) is 2.02. The van der Waals surface area contributed by atoms with E-state index in [1.165, 1.54) is 0 Å². The minimum Gasteiger partial charge on any atom is -0.357 e. The van der Waals surface area contributed by atoms with Crippen LogP contribution in [0.1, 0.15) is 50.2 Å². The Labute approximate surface area is 142 Å².